The summed E-state index contributed by atoms with van der Waals surface area (Å²) >= 11 is 3.44. The first-order chi connectivity index (χ1) is 10.2. The molecule has 0 fully saturated rings. The maximum absolute atomic E-state index is 5.94. The highest BCUT2D eigenvalue weighted by molar-refractivity contribution is 9.10. The molecule has 4 nitrogen and oxygen atoms in total. The van der Waals surface area contributed by atoms with Crippen LogP contribution in [0.3, 0.4) is 0 Å². The molecule has 3 N–H and O–H groups in total. The van der Waals surface area contributed by atoms with E-state index in [4.69, 9.17) is 10.5 Å². The fourth-order valence-electron chi connectivity index (χ4n) is 1.91. The van der Waals surface area contributed by atoms with Crippen molar-refractivity contribution in [2.45, 2.75) is 13.2 Å². The Labute approximate surface area is 133 Å². The third-order valence-corrected chi connectivity index (χ3v) is 3.39. The van der Waals surface area contributed by atoms with E-state index < -0.39 is 0 Å². The molecular formula is C16H18BrN3O. The SMILES string of the molecule is COCc1ccccc1NC(N)=NCc1cccc(Br)c1. The van der Waals surface area contributed by atoms with Gasteiger partial charge in [-0.1, -0.05) is 46.3 Å². The van der Waals surface area contributed by atoms with Crippen LogP contribution >= 0.6 is 15.9 Å². The second-order valence-electron chi connectivity index (χ2n) is 4.55. The van der Waals surface area contributed by atoms with E-state index in [0.717, 1.165) is 21.3 Å². The topological polar surface area (TPSA) is 59.6 Å². The van der Waals surface area contributed by atoms with Crippen LogP contribution in [-0.4, -0.2) is 13.1 Å². The van der Waals surface area contributed by atoms with Gasteiger partial charge in [-0.25, -0.2) is 4.99 Å². The number of methoxy groups -OCH3 is 1. The lowest BCUT2D eigenvalue weighted by Crippen LogP contribution is -2.23. The summed E-state index contributed by atoms with van der Waals surface area (Å²) in [6.45, 7) is 1.06. The number of rotatable bonds is 5. The molecule has 0 heterocycles. The van der Waals surface area contributed by atoms with Gasteiger partial charge in [0.25, 0.3) is 0 Å². The van der Waals surface area contributed by atoms with Crippen LogP contribution in [-0.2, 0) is 17.9 Å². The number of nitrogens with two attached hydrogens (primary N) is 1. The summed E-state index contributed by atoms with van der Waals surface area (Å²) in [6.07, 6.45) is 0. The van der Waals surface area contributed by atoms with Gasteiger partial charge >= 0.3 is 0 Å². The smallest absolute Gasteiger partial charge is 0.193 e. The summed E-state index contributed by atoms with van der Waals surface area (Å²) in [7, 11) is 1.67. The zero-order valence-electron chi connectivity index (χ0n) is 11.8. The lowest BCUT2D eigenvalue weighted by Gasteiger charge is -2.10. The molecule has 110 valence electrons. The number of ether oxygens (including phenoxy) is 1. The lowest BCUT2D eigenvalue weighted by atomic mass is 10.2. The van der Waals surface area contributed by atoms with E-state index in [-0.39, 0.29) is 0 Å². The molecule has 21 heavy (non-hydrogen) atoms. The third-order valence-electron chi connectivity index (χ3n) is 2.90. The van der Waals surface area contributed by atoms with Crippen molar-refractivity contribution in [3.05, 3.63) is 64.1 Å². The lowest BCUT2D eigenvalue weighted by molar-refractivity contribution is 0.185. The largest absolute Gasteiger partial charge is 0.380 e. The Hall–Kier alpha value is -1.85. The molecule has 0 aliphatic carbocycles. The van der Waals surface area contributed by atoms with Gasteiger partial charge < -0.3 is 15.8 Å². The molecule has 0 atom stereocenters. The van der Waals surface area contributed by atoms with Crippen molar-refractivity contribution in [2.24, 2.45) is 10.7 Å². The predicted octanol–water partition coefficient (Wildman–Crippen LogP) is 3.52. The molecule has 0 aliphatic rings. The Bertz CT molecular complexity index is 628. The molecule has 0 saturated heterocycles. The summed E-state index contributed by atoms with van der Waals surface area (Å²) in [6, 6.07) is 15.9. The molecule has 0 bridgehead atoms. The summed E-state index contributed by atoms with van der Waals surface area (Å²) in [5, 5.41) is 3.12. The Kier molecular flexibility index (Phi) is 5.78. The minimum atomic E-state index is 0.388. The van der Waals surface area contributed by atoms with E-state index in [2.05, 4.69) is 26.2 Å². The quantitative estimate of drug-likeness (QED) is 0.642. The molecule has 2 aromatic rings. The van der Waals surface area contributed by atoms with Crippen LogP contribution in [0.25, 0.3) is 0 Å². The first-order valence-electron chi connectivity index (χ1n) is 6.57. The Morgan fingerprint density at radius 2 is 2.05 bits per heavy atom. The average Bonchev–Trinajstić information content (AvgIpc) is 2.48. The number of para-hydroxylation sites is 1. The van der Waals surface area contributed by atoms with E-state index in [9.17, 15) is 0 Å². The monoisotopic (exact) mass is 347 g/mol. The number of aliphatic imine (C=N–C) groups is 1. The van der Waals surface area contributed by atoms with Gasteiger partial charge in [0.05, 0.1) is 13.2 Å². The van der Waals surface area contributed by atoms with Gasteiger partial charge in [-0.15, -0.1) is 0 Å². The second kappa shape index (κ2) is 7.81. The molecule has 0 saturated carbocycles. The predicted molar refractivity (Wildman–Crippen MR) is 90.2 cm³/mol. The van der Waals surface area contributed by atoms with Crippen molar-refractivity contribution in [3.8, 4) is 0 Å². The normalized spacial score (nSPS) is 11.4. The van der Waals surface area contributed by atoms with E-state index in [0.29, 0.717) is 19.1 Å². The van der Waals surface area contributed by atoms with Gasteiger partial charge in [0.2, 0.25) is 0 Å². The second-order valence-corrected chi connectivity index (χ2v) is 5.46. The number of hydrogen-bond acceptors (Lipinski definition) is 2. The van der Waals surface area contributed by atoms with Crippen LogP contribution in [0.2, 0.25) is 0 Å². The molecule has 5 heteroatoms. The summed E-state index contributed by atoms with van der Waals surface area (Å²) in [5.74, 6) is 0.388. The fraction of sp³-hybridized carbons (Fsp3) is 0.188. The van der Waals surface area contributed by atoms with Crippen LogP contribution in [0.15, 0.2) is 58.0 Å². The highest BCUT2D eigenvalue weighted by atomic mass is 79.9. The van der Waals surface area contributed by atoms with Crippen LogP contribution in [0, 0.1) is 0 Å². The van der Waals surface area contributed by atoms with Gasteiger partial charge in [-0.3, -0.25) is 0 Å². The number of nitrogens with zero attached hydrogens (tertiary/aromatic N) is 1. The Balaban J connectivity index is 2.04. The van der Waals surface area contributed by atoms with Crippen LogP contribution in [0.4, 0.5) is 5.69 Å². The van der Waals surface area contributed by atoms with E-state index in [1.165, 1.54) is 0 Å². The zero-order valence-corrected chi connectivity index (χ0v) is 13.4. The number of guanidine groups is 1. The molecule has 0 aliphatic heterocycles. The molecule has 0 radical (unpaired) electrons. The van der Waals surface area contributed by atoms with Crippen molar-refractivity contribution in [1.29, 1.82) is 0 Å². The van der Waals surface area contributed by atoms with Crippen LogP contribution < -0.4 is 11.1 Å². The fourth-order valence-corrected chi connectivity index (χ4v) is 2.36. The highest BCUT2D eigenvalue weighted by Crippen LogP contribution is 2.16. The van der Waals surface area contributed by atoms with Crippen LogP contribution in [0.5, 0.6) is 0 Å². The number of hydrogen-bond donors (Lipinski definition) is 2. The number of halogens is 1. The van der Waals surface area contributed by atoms with E-state index in [1.807, 2.05) is 48.5 Å². The first kappa shape index (κ1) is 15.5. The van der Waals surface area contributed by atoms with Crippen molar-refractivity contribution in [2.75, 3.05) is 12.4 Å². The minimum Gasteiger partial charge on any atom is -0.380 e. The van der Waals surface area contributed by atoms with Crippen molar-refractivity contribution in [1.82, 2.24) is 0 Å². The molecular weight excluding hydrogens is 330 g/mol. The maximum atomic E-state index is 5.94. The summed E-state index contributed by atoms with van der Waals surface area (Å²) < 4.78 is 6.20. The van der Waals surface area contributed by atoms with E-state index >= 15 is 0 Å². The molecule has 0 amide bonds. The average molecular weight is 348 g/mol. The summed E-state index contributed by atoms with van der Waals surface area (Å²) in [4.78, 5) is 4.35. The van der Waals surface area contributed by atoms with E-state index in [1.54, 1.807) is 7.11 Å². The van der Waals surface area contributed by atoms with Gasteiger partial charge in [-0.2, -0.15) is 0 Å². The van der Waals surface area contributed by atoms with Crippen molar-refractivity contribution in [3.63, 3.8) is 0 Å². The van der Waals surface area contributed by atoms with Crippen molar-refractivity contribution < 1.29 is 4.74 Å². The minimum absolute atomic E-state index is 0.388. The Morgan fingerprint density at radius 1 is 1.24 bits per heavy atom. The molecule has 0 spiro atoms. The van der Waals surface area contributed by atoms with Gasteiger partial charge in [0.15, 0.2) is 5.96 Å². The summed E-state index contributed by atoms with van der Waals surface area (Å²) in [5.41, 5.74) is 8.99. The molecule has 2 rings (SSSR count). The number of anilines is 1. The number of nitrogens with one attached hydrogen (secondary N) is 1. The molecule has 0 aromatic heterocycles. The highest BCUT2D eigenvalue weighted by Gasteiger charge is 2.02. The Morgan fingerprint density at radius 3 is 2.81 bits per heavy atom. The number of benzene rings is 2. The van der Waals surface area contributed by atoms with Gasteiger partial charge in [0.1, 0.15) is 0 Å². The van der Waals surface area contributed by atoms with Crippen molar-refractivity contribution >= 4 is 27.6 Å². The first-order valence-corrected chi connectivity index (χ1v) is 7.36. The molecule has 0 unspecified atom stereocenters. The third kappa shape index (κ3) is 4.88. The van der Waals surface area contributed by atoms with Gasteiger partial charge in [-0.05, 0) is 23.8 Å². The standard InChI is InChI=1S/C16H18BrN3O/c1-21-11-13-6-2-3-8-15(13)20-16(18)19-10-12-5-4-7-14(17)9-12/h2-9H,10-11H2,1H3,(H3,18,19,20). The maximum Gasteiger partial charge on any atom is 0.193 e. The zero-order chi connectivity index (χ0) is 15.1. The molecule has 2 aromatic carbocycles. The van der Waals surface area contributed by atoms with Gasteiger partial charge in [0, 0.05) is 22.8 Å². The van der Waals surface area contributed by atoms with Crippen LogP contribution in [0.1, 0.15) is 11.1 Å².